The molecule has 0 aliphatic heterocycles. The molecular weight excluding hydrogens is 370 g/mol. The number of amides is 1. The minimum absolute atomic E-state index is 0.0139. The molecule has 0 unspecified atom stereocenters. The van der Waals surface area contributed by atoms with E-state index in [4.69, 9.17) is 4.74 Å². The van der Waals surface area contributed by atoms with Crippen LogP contribution in [0.3, 0.4) is 0 Å². The summed E-state index contributed by atoms with van der Waals surface area (Å²) in [6.07, 6.45) is 0.769. The Bertz CT molecular complexity index is 1130. The topological polar surface area (TPSA) is 90.3 Å². The number of nitrogens with zero attached hydrogens (tertiary/aromatic N) is 2. The molecule has 2 aromatic carbocycles. The number of anilines is 1. The van der Waals surface area contributed by atoms with Gasteiger partial charge >= 0.3 is 5.97 Å². The first-order valence-corrected chi connectivity index (χ1v) is 9.51. The molecule has 0 aliphatic rings. The molecule has 1 amide bonds. The molecule has 3 aromatic rings. The fourth-order valence-corrected chi connectivity index (χ4v) is 3.18. The second kappa shape index (κ2) is 8.68. The Kier molecular flexibility index (Phi) is 6.07. The van der Waals surface area contributed by atoms with Crippen LogP contribution < -0.4 is 10.9 Å². The lowest BCUT2D eigenvalue weighted by molar-refractivity contribution is -0.119. The van der Waals surface area contributed by atoms with Crippen LogP contribution in [0.5, 0.6) is 0 Å². The lowest BCUT2D eigenvalue weighted by Crippen LogP contribution is -2.27. The standard InChI is InChI=1S/C22H23N3O4/c1-4-15-10-8-9-14(3)19(15)23-18(26)13-29-22(28)20-16-11-6-7-12-17(16)21(27)25(5-2)24-20/h6-12H,4-5,13H2,1-3H3,(H,23,26). The van der Waals surface area contributed by atoms with Crippen LogP contribution in [0.4, 0.5) is 5.69 Å². The Balaban J connectivity index is 1.79. The molecule has 0 bridgehead atoms. The second-order valence-electron chi connectivity index (χ2n) is 6.60. The maximum Gasteiger partial charge on any atom is 0.359 e. The van der Waals surface area contributed by atoms with Gasteiger partial charge in [-0.3, -0.25) is 9.59 Å². The van der Waals surface area contributed by atoms with Crippen LogP contribution in [0.1, 0.15) is 35.5 Å². The van der Waals surface area contributed by atoms with E-state index in [1.54, 1.807) is 31.2 Å². The van der Waals surface area contributed by atoms with Gasteiger partial charge in [-0.1, -0.05) is 43.3 Å². The minimum atomic E-state index is -0.751. The number of para-hydroxylation sites is 1. The molecule has 1 heterocycles. The molecule has 0 saturated carbocycles. The zero-order chi connectivity index (χ0) is 21.0. The molecular formula is C22H23N3O4. The van der Waals surface area contributed by atoms with Gasteiger partial charge in [0.2, 0.25) is 0 Å². The van der Waals surface area contributed by atoms with E-state index in [2.05, 4.69) is 10.4 Å². The smallest absolute Gasteiger partial charge is 0.359 e. The van der Waals surface area contributed by atoms with Gasteiger partial charge < -0.3 is 10.1 Å². The van der Waals surface area contributed by atoms with Crippen molar-refractivity contribution in [2.24, 2.45) is 0 Å². The van der Waals surface area contributed by atoms with Gasteiger partial charge in [0.25, 0.3) is 11.5 Å². The highest BCUT2D eigenvalue weighted by molar-refractivity contribution is 6.03. The average Bonchev–Trinajstić information content (AvgIpc) is 2.74. The van der Waals surface area contributed by atoms with E-state index in [1.165, 1.54) is 4.68 Å². The van der Waals surface area contributed by atoms with E-state index < -0.39 is 18.5 Å². The third kappa shape index (κ3) is 4.18. The van der Waals surface area contributed by atoms with Gasteiger partial charge in [0.1, 0.15) is 0 Å². The van der Waals surface area contributed by atoms with Crippen molar-refractivity contribution in [1.82, 2.24) is 9.78 Å². The van der Waals surface area contributed by atoms with Gasteiger partial charge in [0.05, 0.1) is 5.39 Å². The van der Waals surface area contributed by atoms with E-state index in [0.29, 0.717) is 17.3 Å². The third-order valence-corrected chi connectivity index (χ3v) is 4.70. The summed E-state index contributed by atoms with van der Waals surface area (Å²) in [5, 5.41) is 7.72. The van der Waals surface area contributed by atoms with Crippen molar-refractivity contribution in [1.29, 1.82) is 0 Å². The molecule has 150 valence electrons. The summed E-state index contributed by atoms with van der Waals surface area (Å²) in [4.78, 5) is 37.3. The van der Waals surface area contributed by atoms with Crippen LogP contribution in [0.25, 0.3) is 10.8 Å². The second-order valence-corrected chi connectivity index (χ2v) is 6.60. The predicted octanol–water partition coefficient (Wildman–Crippen LogP) is 3.08. The highest BCUT2D eigenvalue weighted by Gasteiger charge is 2.19. The monoisotopic (exact) mass is 393 g/mol. The van der Waals surface area contributed by atoms with Gasteiger partial charge in [-0.2, -0.15) is 5.10 Å². The number of hydrogen-bond donors (Lipinski definition) is 1. The predicted molar refractivity (Wildman–Crippen MR) is 111 cm³/mol. The highest BCUT2D eigenvalue weighted by Crippen LogP contribution is 2.21. The molecule has 1 N–H and O–H groups in total. The molecule has 0 fully saturated rings. The number of carbonyl (C=O) groups excluding carboxylic acids is 2. The number of rotatable bonds is 6. The average molecular weight is 393 g/mol. The molecule has 7 nitrogen and oxygen atoms in total. The van der Waals surface area contributed by atoms with E-state index in [-0.39, 0.29) is 11.3 Å². The number of esters is 1. The van der Waals surface area contributed by atoms with Crippen molar-refractivity contribution in [3.05, 3.63) is 69.6 Å². The lowest BCUT2D eigenvalue weighted by Gasteiger charge is -2.13. The summed E-state index contributed by atoms with van der Waals surface area (Å²) < 4.78 is 6.40. The Hall–Kier alpha value is -3.48. The van der Waals surface area contributed by atoms with E-state index in [1.807, 2.05) is 32.0 Å². The maximum atomic E-state index is 12.6. The van der Waals surface area contributed by atoms with Crippen LogP contribution >= 0.6 is 0 Å². The van der Waals surface area contributed by atoms with Crippen molar-refractivity contribution < 1.29 is 14.3 Å². The molecule has 0 atom stereocenters. The third-order valence-electron chi connectivity index (χ3n) is 4.70. The molecule has 0 aliphatic carbocycles. The summed E-state index contributed by atoms with van der Waals surface area (Å²) in [6.45, 7) is 5.54. The summed E-state index contributed by atoms with van der Waals surface area (Å²) >= 11 is 0. The SMILES string of the molecule is CCc1cccc(C)c1NC(=O)COC(=O)c1nn(CC)c(=O)c2ccccc12. The van der Waals surface area contributed by atoms with Crippen molar-refractivity contribution in [2.75, 3.05) is 11.9 Å². The van der Waals surface area contributed by atoms with Crippen molar-refractivity contribution in [3.63, 3.8) is 0 Å². The number of aromatic nitrogens is 2. The number of hydrogen-bond acceptors (Lipinski definition) is 5. The molecule has 7 heteroatoms. The Morgan fingerprint density at radius 3 is 2.48 bits per heavy atom. The van der Waals surface area contributed by atoms with Crippen molar-refractivity contribution in [3.8, 4) is 0 Å². The molecule has 0 saturated heterocycles. The first kappa shape index (κ1) is 20.3. The Morgan fingerprint density at radius 1 is 1.07 bits per heavy atom. The molecule has 29 heavy (non-hydrogen) atoms. The molecule has 0 radical (unpaired) electrons. The van der Waals surface area contributed by atoms with E-state index in [0.717, 1.165) is 23.2 Å². The van der Waals surface area contributed by atoms with E-state index in [9.17, 15) is 14.4 Å². The van der Waals surface area contributed by atoms with Gasteiger partial charge in [-0.05, 0) is 37.5 Å². The molecule has 3 rings (SSSR count). The summed E-state index contributed by atoms with van der Waals surface area (Å²) in [5.74, 6) is -1.19. The maximum absolute atomic E-state index is 12.6. The van der Waals surface area contributed by atoms with Crippen LogP contribution in [0.15, 0.2) is 47.3 Å². The van der Waals surface area contributed by atoms with Gasteiger partial charge in [-0.25, -0.2) is 9.48 Å². The number of carbonyl (C=O) groups is 2. The van der Waals surface area contributed by atoms with Gasteiger partial charge in [0.15, 0.2) is 12.3 Å². The fourth-order valence-electron chi connectivity index (χ4n) is 3.18. The van der Waals surface area contributed by atoms with Crippen molar-refractivity contribution in [2.45, 2.75) is 33.7 Å². The van der Waals surface area contributed by atoms with Gasteiger partial charge in [-0.15, -0.1) is 0 Å². The van der Waals surface area contributed by atoms with Crippen LogP contribution in [0.2, 0.25) is 0 Å². The Labute approximate surface area is 168 Å². The molecule has 1 aromatic heterocycles. The van der Waals surface area contributed by atoms with Crippen LogP contribution in [0, 0.1) is 6.92 Å². The number of benzene rings is 2. The van der Waals surface area contributed by atoms with Crippen LogP contribution in [-0.2, 0) is 22.5 Å². The molecule has 0 spiro atoms. The first-order chi connectivity index (χ1) is 14.0. The number of fused-ring (bicyclic) bond motifs is 1. The number of ether oxygens (including phenoxy) is 1. The zero-order valence-corrected chi connectivity index (χ0v) is 16.7. The number of nitrogens with one attached hydrogen (secondary N) is 1. The number of aryl methyl sites for hydroxylation is 3. The lowest BCUT2D eigenvalue weighted by atomic mass is 10.1. The van der Waals surface area contributed by atoms with Gasteiger partial charge in [0, 0.05) is 17.6 Å². The largest absolute Gasteiger partial charge is 0.451 e. The minimum Gasteiger partial charge on any atom is -0.451 e. The summed E-state index contributed by atoms with van der Waals surface area (Å²) in [7, 11) is 0. The van der Waals surface area contributed by atoms with Crippen molar-refractivity contribution >= 4 is 28.3 Å². The summed E-state index contributed by atoms with van der Waals surface area (Å²) in [5.41, 5.74) is 2.42. The first-order valence-electron chi connectivity index (χ1n) is 9.51. The normalized spacial score (nSPS) is 10.7. The summed E-state index contributed by atoms with van der Waals surface area (Å²) in [6, 6.07) is 12.5. The van der Waals surface area contributed by atoms with E-state index >= 15 is 0 Å². The fraction of sp³-hybridized carbons (Fsp3) is 0.273. The highest BCUT2D eigenvalue weighted by atomic mass is 16.5. The zero-order valence-electron chi connectivity index (χ0n) is 16.7. The quantitative estimate of drug-likeness (QED) is 0.650. The van der Waals surface area contributed by atoms with Crippen LogP contribution in [-0.4, -0.2) is 28.3 Å². The Morgan fingerprint density at radius 2 is 1.79 bits per heavy atom.